The second-order valence-electron chi connectivity index (χ2n) is 3.90. The van der Waals surface area contributed by atoms with E-state index in [0.29, 0.717) is 5.76 Å². The normalized spacial score (nSPS) is 23.1. The fraction of sp³-hybridized carbons (Fsp3) is 0.250. The van der Waals surface area contributed by atoms with Crippen LogP contribution in [0.25, 0.3) is 6.08 Å². The van der Waals surface area contributed by atoms with Crippen molar-refractivity contribution in [3.8, 4) is 0 Å². The van der Waals surface area contributed by atoms with Crippen LogP contribution < -0.4 is 5.43 Å². The van der Waals surface area contributed by atoms with Gasteiger partial charge in [-0.15, -0.1) is 0 Å². The summed E-state index contributed by atoms with van der Waals surface area (Å²) in [5, 5.41) is 14.2. The maximum Gasteiger partial charge on any atom is 0.102 e. The zero-order chi connectivity index (χ0) is 10.3. The zero-order valence-corrected chi connectivity index (χ0v) is 8.27. The number of aliphatic hydroxyl groups excluding tert-OH is 1. The Balaban J connectivity index is 2.21. The summed E-state index contributed by atoms with van der Waals surface area (Å²) in [5.74, 6) is 0.523. The SMILES string of the molecule is OC1=Cc2ccccc2C2=NNCCC12. The number of benzene rings is 1. The number of fused-ring (bicyclic) bond motifs is 3. The van der Waals surface area contributed by atoms with E-state index in [1.165, 1.54) is 0 Å². The summed E-state index contributed by atoms with van der Waals surface area (Å²) < 4.78 is 0. The van der Waals surface area contributed by atoms with Gasteiger partial charge < -0.3 is 10.5 Å². The Hall–Kier alpha value is -1.77. The van der Waals surface area contributed by atoms with Crippen LogP contribution in [0.2, 0.25) is 0 Å². The molecule has 1 unspecified atom stereocenters. The summed E-state index contributed by atoms with van der Waals surface area (Å²) in [6, 6.07) is 8.03. The van der Waals surface area contributed by atoms with Crippen molar-refractivity contribution in [1.29, 1.82) is 0 Å². The molecule has 3 nitrogen and oxygen atoms in total. The topological polar surface area (TPSA) is 44.6 Å². The highest BCUT2D eigenvalue weighted by Gasteiger charge is 2.29. The molecule has 1 heterocycles. The molecule has 1 aliphatic carbocycles. The van der Waals surface area contributed by atoms with E-state index in [4.69, 9.17) is 0 Å². The lowest BCUT2D eigenvalue weighted by Crippen LogP contribution is -2.32. The van der Waals surface area contributed by atoms with E-state index in [1.807, 2.05) is 24.3 Å². The molecule has 0 fully saturated rings. The maximum absolute atomic E-state index is 9.90. The first-order valence-corrected chi connectivity index (χ1v) is 5.16. The molecule has 3 heteroatoms. The average molecular weight is 200 g/mol. The van der Waals surface area contributed by atoms with Crippen LogP contribution in [0.15, 0.2) is 35.1 Å². The molecular weight excluding hydrogens is 188 g/mol. The van der Waals surface area contributed by atoms with Crippen LogP contribution in [-0.2, 0) is 0 Å². The molecule has 3 rings (SSSR count). The van der Waals surface area contributed by atoms with Gasteiger partial charge in [0, 0.05) is 12.1 Å². The van der Waals surface area contributed by atoms with Crippen LogP contribution in [0.4, 0.5) is 0 Å². The van der Waals surface area contributed by atoms with E-state index in [9.17, 15) is 5.11 Å². The molecule has 1 aromatic rings. The lowest BCUT2D eigenvalue weighted by molar-refractivity contribution is 0.353. The first-order chi connectivity index (χ1) is 7.36. The molecule has 15 heavy (non-hydrogen) atoms. The molecule has 2 aliphatic rings. The molecule has 0 amide bonds. The number of hydrogen-bond acceptors (Lipinski definition) is 3. The Morgan fingerprint density at radius 1 is 1.33 bits per heavy atom. The molecule has 1 aromatic carbocycles. The van der Waals surface area contributed by atoms with Crippen molar-refractivity contribution in [1.82, 2.24) is 5.43 Å². The van der Waals surface area contributed by atoms with Gasteiger partial charge in [0.25, 0.3) is 0 Å². The summed E-state index contributed by atoms with van der Waals surface area (Å²) in [7, 11) is 0. The third-order valence-corrected chi connectivity index (χ3v) is 2.97. The summed E-state index contributed by atoms with van der Waals surface area (Å²) in [6.07, 6.45) is 2.76. The Morgan fingerprint density at radius 3 is 3.13 bits per heavy atom. The van der Waals surface area contributed by atoms with Gasteiger partial charge >= 0.3 is 0 Å². The Bertz CT molecular complexity index is 462. The summed E-state index contributed by atoms with van der Waals surface area (Å²) in [5.41, 5.74) is 6.15. The first-order valence-electron chi connectivity index (χ1n) is 5.16. The molecule has 0 spiro atoms. The van der Waals surface area contributed by atoms with Crippen molar-refractivity contribution in [2.24, 2.45) is 11.0 Å². The van der Waals surface area contributed by atoms with Gasteiger partial charge in [0.2, 0.25) is 0 Å². The molecule has 0 saturated carbocycles. The number of nitrogens with zero attached hydrogens (tertiary/aromatic N) is 1. The first kappa shape index (κ1) is 8.53. The van der Waals surface area contributed by atoms with Gasteiger partial charge in [-0.2, -0.15) is 5.10 Å². The molecule has 2 N–H and O–H groups in total. The molecule has 0 saturated heterocycles. The minimum Gasteiger partial charge on any atom is -0.512 e. The third-order valence-electron chi connectivity index (χ3n) is 2.97. The maximum atomic E-state index is 9.90. The van der Waals surface area contributed by atoms with E-state index in [1.54, 1.807) is 0 Å². The van der Waals surface area contributed by atoms with Crippen LogP contribution >= 0.6 is 0 Å². The van der Waals surface area contributed by atoms with Gasteiger partial charge in [0.15, 0.2) is 0 Å². The largest absolute Gasteiger partial charge is 0.512 e. The highest BCUT2D eigenvalue weighted by Crippen LogP contribution is 2.30. The van der Waals surface area contributed by atoms with E-state index in [2.05, 4.69) is 16.6 Å². The Kier molecular flexibility index (Phi) is 1.78. The average Bonchev–Trinajstić information content (AvgIpc) is 2.30. The van der Waals surface area contributed by atoms with E-state index in [0.717, 1.165) is 29.8 Å². The van der Waals surface area contributed by atoms with Crippen molar-refractivity contribution < 1.29 is 5.11 Å². The van der Waals surface area contributed by atoms with Crippen molar-refractivity contribution >= 4 is 11.8 Å². The molecule has 1 atom stereocenters. The number of nitrogens with one attached hydrogen (secondary N) is 1. The van der Waals surface area contributed by atoms with Crippen LogP contribution in [0.3, 0.4) is 0 Å². The Morgan fingerprint density at radius 2 is 2.20 bits per heavy atom. The number of allylic oxidation sites excluding steroid dienone is 1. The summed E-state index contributed by atoms with van der Waals surface area (Å²) in [6.45, 7) is 0.828. The predicted molar refractivity (Wildman–Crippen MR) is 59.7 cm³/mol. The minimum absolute atomic E-state index is 0.0844. The highest BCUT2D eigenvalue weighted by molar-refractivity contribution is 6.08. The zero-order valence-electron chi connectivity index (χ0n) is 8.27. The predicted octanol–water partition coefficient (Wildman–Crippen LogP) is 1.91. The quantitative estimate of drug-likeness (QED) is 0.672. The van der Waals surface area contributed by atoms with Crippen LogP contribution in [-0.4, -0.2) is 17.4 Å². The van der Waals surface area contributed by atoms with E-state index in [-0.39, 0.29) is 5.92 Å². The monoisotopic (exact) mass is 200 g/mol. The number of rotatable bonds is 0. The smallest absolute Gasteiger partial charge is 0.102 e. The molecule has 1 aliphatic heterocycles. The second-order valence-corrected chi connectivity index (χ2v) is 3.90. The molecular formula is C12H12N2O. The summed E-state index contributed by atoms with van der Waals surface area (Å²) in [4.78, 5) is 0. The van der Waals surface area contributed by atoms with Gasteiger partial charge in [-0.1, -0.05) is 24.3 Å². The summed E-state index contributed by atoms with van der Waals surface area (Å²) >= 11 is 0. The van der Waals surface area contributed by atoms with Crippen molar-refractivity contribution in [2.45, 2.75) is 6.42 Å². The number of aliphatic hydroxyl groups is 1. The number of hydrogen-bond donors (Lipinski definition) is 2. The van der Waals surface area contributed by atoms with Crippen LogP contribution in [0.5, 0.6) is 0 Å². The molecule has 0 bridgehead atoms. The van der Waals surface area contributed by atoms with Gasteiger partial charge in [-0.05, 0) is 18.1 Å². The van der Waals surface area contributed by atoms with Crippen molar-refractivity contribution in [3.05, 3.63) is 41.2 Å². The standard InChI is InChI=1S/C12H12N2O/c15-11-7-8-3-1-2-4-9(8)12-10(11)5-6-13-14-12/h1-4,7,10,13,15H,5-6H2. The molecule has 0 aromatic heterocycles. The van der Waals surface area contributed by atoms with Crippen LogP contribution in [0.1, 0.15) is 17.5 Å². The van der Waals surface area contributed by atoms with Crippen molar-refractivity contribution in [2.75, 3.05) is 6.54 Å². The van der Waals surface area contributed by atoms with Gasteiger partial charge in [-0.25, -0.2) is 0 Å². The lowest BCUT2D eigenvalue weighted by atomic mass is 9.83. The minimum atomic E-state index is 0.0844. The van der Waals surface area contributed by atoms with Gasteiger partial charge in [0.1, 0.15) is 5.76 Å². The fourth-order valence-electron chi connectivity index (χ4n) is 2.22. The van der Waals surface area contributed by atoms with Crippen LogP contribution in [0, 0.1) is 5.92 Å². The van der Waals surface area contributed by atoms with E-state index < -0.39 is 0 Å². The molecule has 76 valence electrons. The molecule has 0 radical (unpaired) electrons. The second kappa shape index (κ2) is 3.12. The number of hydrazone groups is 1. The third kappa shape index (κ3) is 1.23. The Labute approximate surface area is 88.1 Å². The van der Waals surface area contributed by atoms with Crippen molar-refractivity contribution in [3.63, 3.8) is 0 Å². The highest BCUT2D eigenvalue weighted by atomic mass is 16.3. The van der Waals surface area contributed by atoms with Gasteiger partial charge in [0.05, 0.1) is 11.6 Å². The van der Waals surface area contributed by atoms with E-state index >= 15 is 0 Å². The lowest BCUT2D eigenvalue weighted by Gasteiger charge is -2.27. The van der Waals surface area contributed by atoms with Gasteiger partial charge in [-0.3, -0.25) is 0 Å². The fourth-order valence-corrected chi connectivity index (χ4v) is 2.22.